The van der Waals surface area contributed by atoms with Crippen molar-refractivity contribution in [3.05, 3.63) is 59.8 Å². The summed E-state index contributed by atoms with van der Waals surface area (Å²) in [5.41, 5.74) is 1.72. The van der Waals surface area contributed by atoms with Crippen molar-refractivity contribution >= 4 is 40.5 Å². The standard InChI is InChI=1S/C22H23N3O4S/c1-14(20(26)23-2)30-22-24-19(12-15-8-10-17(28-3)11-9-15)21(27)25(22)16-6-5-7-18(13-16)29-4/h5-14H,1-4H3,(H,23,26)/b19-12-. The first-order valence-electron chi connectivity index (χ1n) is 9.28. The molecule has 0 bridgehead atoms. The number of amides is 2. The van der Waals surface area contributed by atoms with E-state index in [1.807, 2.05) is 24.3 Å². The SMILES string of the molecule is CNC(=O)C(C)SC1=N/C(=C\c2ccc(OC)cc2)C(=O)N1c1cccc(OC)c1. The number of hydrogen-bond donors (Lipinski definition) is 1. The third-order valence-corrected chi connectivity index (χ3v) is 5.51. The molecule has 1 atom stereocenters. The molecular weight excluding hydrogens is 402 g/mol. The van der Waals surface area contributed by atoms with Crippen molar-refractivity contribution in [2.45, 2.75) is 12.2 Å². The molecule has 8 heteroatoms. The molecule has 0 aromatic heterocycles. The molecule has 0 radical (unpaired) electrons. The minimum atomic E-state index is -0.421. The maximum absolute atomic E-state index is 13.2. The van der Waals surface area contributed by atoms with Crippen LogP contribution in [-0.2, 0) is 9.59 Å². The van der Waals surface area contributed by atoms with Gasteiger partial charge in [0.15, 0.2) is 5.17 Å². The van der Waals surface area contributed by atoms with E-state index in [1.54, 1.807) is 58.5 Å². The maximum atomic E-state index is 13.2. The molecule has 2 amide bonds. The summed E-state index contributed by atoms with van der Waals surface area (Å²) in [5.74, 6) is 0.933. The number of anilines is 1. The summed E-state index contributed by atoms with van der Waals surface area (Å²) in [6.45, 7) is 1.77. The van der Waals surface area contributed by atoms with Gasteiger partial charge in [0.25, 0.3) is 5.91 Å². The van der Waals surface area contributed by atoms with Gasteiger partial charge in [-0.1, -0.05) is 30.0 Å². The lowest BCUT2D eigenvalue weighted by Gasteiger charge is -2.20. The lowest BCUT2D eigenvalue weighted by atomic mass is 10.2. The van der Waals surface area contributed by atoms with Gasteiger partial charge in [-0.2, -0.15) is 0 Å². The second kappa shape index (κ2) is 9.49. The fraction of sp³-hybridized carbons (Fsp3) is 0.227. The average Bonchev–Trinajstić information content (AvgIpc) is 3.08. The quantitative estimate of drug-likeness (QED) is 0.719. The summed E-state index contributed by atoms with van der Waals surface area (Å²) >= 11 is 1.22. The summed E-state index contributed by atoms with van der Waals surface area (Å²) in [4.78, 5) is 31.3. The maximum Gasteiger partial charge on any atom is 0.283 e. The topological polar surface area (TPSA) is 80.2 Å². The second-order valence-corrected chi connectivity index (χ2v) is 7.72. The largest absolute Gasteiger partial charge is 0.497 e. The molecule has 1 N–H and O–H groups in total. The van der Waals surface area contributed by atoms with Crippen LogP contribution in [0.25, 0.3) is 6.08 Å². The van der Waals surface area contributed by atoms with Gasteiger partial charge in [0.05, 0.1) is 25.2 Å². The fourth-order valence-electron chi connectivity index (χ4n) is 2.83. The van der Waals surface area contributed by atoms with E-state index in [0.717, 1.165) is 11.3 Å². The number of aliphatic imine (C=N–C) groups is 1. The van der Waals surface area contributed by atoms with Crippen LogP contribution in [0.15, 0.2) is 59.2 Å². The Morgan fingerprint density at radius 3 is 2.47 bits per heavy atom. The fourth-order valence-corrected chi connectivity index (χ4v) is 3.81. The third kappa shape index (κ3) is 4.65. The van der Waals surface area contributed by atoms with Crippen molar-refractivity contribution in [2.24, 2.45) is 4.99 Å². The zero-order valence-electron chi connectivity index (χ0n) is 17.2. The number of nitrogens with one attached hydrogen (secondary N) is 1. The van der Waals surface area contributed by atoms with E-state index in [0.29, 0.717) is 16.6 Å². The Kier molecular flexibility index (Phi) is 6.79. The molecule has 1 aliphatic rings. The van der Waals surface area contributed by atoms with Crippen LogP contribution >= 0.6 is 11.8 Å². The molecule has 1 aliphatic heterocycles. The molecule has 0 saturated heterocycles. The van der Waals surface area contributed by atoms with Gasteiger partial charge >= 0.3 is 0 Å². The molecule has 1 heterocycles. The van der Waals surface area contributed by atoms with Gasteiger partial charge in [-0.05, 0) is 42.8 Å². The number of hydrogen-bond acceptors (Lipinski definition) is 6. The minimum absolute atomic E-state index is 0.145. The molecule has 3 rings (SSSR count). The molecule has 0 aliphatic carbocycles. The van der Waals surface area contributed by atoms with Crippen LogP contribution in [0.3, 0.4) is 0 Å². The van der Waals surface area contributed by atoms with Crippen molar-refractivity contribution < 1.29 is 19.1 Å². The number of amidine groups is 1. The predicted octanol–water partition coefficient (Wildman–Crippen LogP) is 3.32. The van der Waals surface area contributed by atoms with Crippen LogP contribution in [0.2, 0.25) is 0 Å². The highest BCUT2D eigenvalue weighted by Crippen LogP contribution is 2.32. The first-order valence-corrected chi connectivity index (χ1v) is 10.2. The number of methoxy groups -OCH3 is 2. The van der Waals surface area contributed by atoms with Crippen LogP contribution in [0.1, 0.15) is 12.5 Å². The lowest BCUT2D eigenvalue weighted by molar-refractivity contribution is -0.119. The van der Waals surface area contributed by atoms with Crippen LogP contribution in [0.4, 0.5) is 5.69 Å². The Morgan fingerprint density at radius 1 is 1.13 bits per heavy atom. The van der Waals surface area contributed by atoms with Gasteiger partial charge < -0.3 is 14.8 Å². The van der Waals surface area contributed by atoms with Crippen molar-refractivity contribution in [2.75, 3.05) is 26.2 Å². The zero-order valence-corrected chi connectivity index (χ0v) is 18.0. The van der Waals surface area contributed by atoms with Crippen LogP contribution in [0.5, 0.6) is 11.5 Å². The van der Waals surface area contributed by atoms with E-state index in [9.17, 15) is 9.59 Å². The van der Waals surface area contributed by atoms with Crippen molar-refractivity contribution in [1.82, 2.24) is 5.32 Å². The van der Waals surface area contributed by atoms with Gasteiger partial charge in [-0.3, -0.25) is 14.5 Å². The van der Waals surface area contributed by atoms with Crippen molar-refractivity contribution in [3.8, 4) is 11.5 Å². The molecule has 30 heavy (non-hydrogen) atoms. The number of rotatable bonds is 6. The highest BCUT2D eigenvalue weighted by molar-refractivity contribution is 8.15. The highest BCUT2D eigenvalue weighted by Gasteiger charge is 2.34. The molecule has 156 valence electrons. The van der Waals surface area contributed by atoms with Crippen molar-refractivity contribution in [3.63, 3.8) is 0 Å². The van der Waals surface area contributed by atoms with Gasteiger partial charge in [0, 0.05) is 13.1 Å². The number of thioether (sulfide) groups is 1. The van der Waals surface area contributed by atoms with Crippen LogP contribution in [-0.4, -0.2) is 43.5 Å². The number of carbonyl (C=O) groups excluding carboxylic acids is 2. The first kappa shape index (κ1) is 21.4. The van der Waals surface area contributed by atoms with E-state index in [-0.39, 0.29) is 17.5 Å². The summed E-state index contributed by atoms with van der Waals surface area (Å²) in [5, 5.41) is 2.63. The molecule has 1 unspecified atom stereocenters. The van der Waals surface area contributed by atoms with E-state index >= 15 is 0 Å². The summed E-state index contributed by atoms with van der Waals surface area (Å²) in [6, 6.07) is 14.5. The van der Waals surface area contributed by atoms with Gasteiger partial charge in [-0.25, -0.2) is 4.99 Å². The number of ether oxygens (including phenoxy) is 2. The van der Waals surface area contributed by atoms with Gasteiger partial charge in [0.1, 0.15) is 17.2 Å². The molecular formula is C22H23N3O4S. The first-order chi connectivity index (χ1) is 14.5. The monoisotopic (exact) mass is 425 g/mol. The highest BCUT2D eigenvalue weighted by atomic mass is 32.2. The Hall–Kier alpha value is -3.26. The van der Waals surface area contributed by atoms with Gasteiger partial charge in [-0.15, -0.1) is 0 Å². The molecule has 2 aromatic rings. The minimum Gasteiger partial charge on any atom is -0.497 e. The number of benzene rings is 2. The summed E-state index contributed by atoms with van der Waals surface area (Å²) in [7, 11) is 4.74. The Bertz CT molecular complexity index is 1000. The van der Waals surface area contributed by atoms with Crippen LogP contribution < -0.4 is 19.7 Å². The predicted molar refractivity (Wildman–Crippen MR) is 120 cm³/mol. The molecule has 0 saturated carbocycles. The van der Waals surface area contributed by atoms with Crippen LogP contribution in [0, 0.1) is 0 Å². The van der Waals surface area contributed by atoms with E-state index in [1.165, 1.54) is 16.7 Å². The lowest BCUT2D eigenvalue weighted by Crippen LogP contribution is -2.34. The molecule has 7 nitrogen and oxygen atoms in total. The van der Waals surface area contributed by atoms with E-state index < -0.39 is 5.25 Å². The summed E-state index contributed by atoms with van der Waals surface area (Å²) in [6.07, 6.45) is 1.72. The third-order valence-electron chi connectivity index (χ3n) is 4.46. The number of carbonyl (C=O) groups is 2. The molecule has 0 fully saturated rings. The smallest absolute Gasteiger partial charge is 0.283 e. The van der Waals surface area contributed by atoms with E-state index in [2.05, 4.69) is 10.3 Å². The van der Waals surface area contributed by atoms with Gasteiger partial charge in [0.2, 0.25) is 5.91 Å². The molecule has 0 spiro atoms. The molecule has 2 aromatic carbocycles. The van der Waals surface area contributed by atoms with E-state index in [4.69, 9.17) is 9.47 Å². The Labute approximate surface area is 179 Å². The summed E-state index contributed by atoms with van der Waals surface area (Å²) < 4.78 is 10.5. The second-order valence-electron chi connectivity index (χ2n) is 6.41. The average molecular weight is 426 g/mol. The Morgan fingerprint density at radius 2 is 1.83 bits per heavy atom. The number of nitrogens with zero attached hydrogens (tertiary/aromatic N) is 2. The zero-order chi connectivity index (χ0) is 21.7. The Balaban J connectivity index is 1.99. The normalized spacial score (nSPS) is 15.7. The van der Waals surface area contributed by atoms with Crippen molar-refractivity contribution in [1.29, 1.82) is 0 Å².